The van der Waals surface area contributed by atoms with Crippen molar-refractivity contribution in [3.05, 3.63) is 18.0 Å². The van der Waals surface area contributed by atoms with Crippen LogP contribution in [0.1, 0.15) is 45.1 Å². The molecule has 2 heterocycles. The lowest BCUT2D eigenvalue weighted by atomic mass is 9.84. The van der Waals surface area contributed by atoms with Gasteiger partial charge in [-0.2, -0.15) is 0 Å². The van der Waals surface area contributed by atoms with Crippen molar-refractivity contribution in [2.24, 2.45) is 5.41 Å². The third kappa shape index (κ3) is 3.44. The molecule has 0 radical (unpaired) electrons. The topological polar surface area (TPSA) is 41.1 Å². The number of hydrogen-bond donors (Lipinski definition) is 1. The zero-order valence-corrected chi connectivity index (χ0v) is 12.0. The van der Waals surface area contributed by atoms with E-state index in [2.05, 4.69) is 34.0 Å². The van der Waals surface area contributed by atoms with Crippen molar-refractivity contribution in [1.82, 2.24) is 15.3 Å². The van der Waals surface area contributed by atoms with E-state index in [4.69, 9.17) is 0 Å². The van der Waals surface area contributed by atoms with E-state index in [1.54, 1.807) is 0 Å². The van der Waals surface area contributed by atoms with Gasteiger partial charge in [0.15, 0.2) is 0 Å². The number of aromatic nitrogens is 2. The maximum atomic E-state index is 4.54. The molecule has 0 amide bonds. The Bertz CT molecular complexity index is 422. The standard InChI is InChI=1S/C15H24N4/c1-15(2)6-3-7-19(11-15)14-17-9-12(10-18-14)8-16-13-4-5-13/h9-10,13,16H,3-8,11H2,1-2H3. The van der Waals surface area contributed by atoms with Crippen LogP contribution in [0.25, 0.3) is 0 Å². The number of nitrogens with one attached hydrogen (secondary N) is 1. The average Bonchev–Trinajstić information content (AvgIpc) is 3.20. The molecule has 1 aromatic rings. The van der Waals surface area contributed by atoms with E-state index in [1.807, 2.05) is 12.4 Å². The molecule has 0 spiro atoms. The van der Waals surface area contributed by atoms with Crippen LogP contribution >= 0.6 is 0 Å². The minimum absolute atomic E-state index is 0.383. The van der Waals surface area contributed by atoms with Gasteiger partial charge in [-0.1, -0.05) is 13.8 Å². The third-order valence-corrected chi connectivity index (χ3v) is 4.05. The van der Waals surface area contributed by atoms with E-state index in [0.29, 0.717) is 5.41 Å². The summed E-state index contributed by atoms with van der Waals surface area (Å²) in [4.78, 5) is 11.4. The quantitative estimate of drug-likeness (QED) is 0.902. The molecule has 2 fully saturated rings. The Morgan fingerprint density at radius 1 is 1.32 bits per heavy atom. The summed E-state index contributed by atoms with van der Waals surface area (Å²) >= 11 is 0. The van der Waals surface area contributed by atoms with Gasteiger partial charge in [0.1, 0.15) is 0 Å². The maximum Gasteiger partial charge on any atom is 0.225 e. The Hall–Kier alpha value is -1.16. The van der Waals surface area contributed by atoms with Gasteiger partial charge in [0.05, 0.1) is 0 Å². The summed E-state index contributed by atoms with van der Waals surface area (Å²) in [5.74, 6) is 0.892. The zero-order chi connectivity index (χ0) is 13.3. The average molecular weight is 260 g/mol. The highest BCUT2D eigenvalue weighted by Gasteiger charge is 2.27. The molecule has 0 aromatic carbocycles. The second kappa shape index (κ2) is 5.08. The SMILES string of the molecule is CC1(C)CCCN(c2ncc(CNC3CC3)cn2)C1. The Labute approximate surface area is 115 Å². The molecule has 19 heavy (non-hydrogen) atoms. The van der Waals surface area contributed by atoms with Crippen molar-refractivity contribution in [3.8, 4) is 0 Å². The summed E-state index contributed by atoms with van der Waals surface area (Å²) in [5, 5.41) is 3.49. The fourth-order valence-electron chi connectivity index (χ4n) is 2.75. The summed E-state index contributed by atoms with van der Waals surface area (Å²) in [6, 6.07) is 0.738. The van der Waals surface area contributed by atoms with Crippen LogP contribution in [0.4, 0.5) is 5.95 Å². The van der Waals surface area contributed by atoms with Gasteiger partial charge in [0.2, 0.25) is 5.95 Å². The summed E-state index contributed by atoms with van der Waals surface area (Å²) in [6.07, 6.45) is 9.12. The van der Waals surface area contributed by atoms with Crippen molar-refractivity contribution in [1.29, 1.82) is 0 Å². The lowest BCUT2D eigenvalue weighted by molar-refractivity contribution is 0.291. The van der Waals surface area contributed by atoms with Crippen molar-refractivity contribution in [2.45, 2.75) is 52.1 Å². The van der Waals surface area contributed by atoms with E-state index in [0.717, 1.165) is 31.6 Å². The molecule has 1 saturated carbocycles. The zero-order valence-electron chi connectivity index (χ0n) is 12.0. The van der Waals surface area contributed by atoms with Crippen molar-refractivity contribution >= 4 is 5.95 Å². The summed E-state index contributed by atoms with van der Waals surface area (Å²) in [6.45, 7) is 7.70. The van der Waals surface area contributed by atoms with Crippen LogP contribution in [0.3, 0.4) is 0 Å². The van der Waals surface area contributed by atoms with Gasteiger partial charge in [-0.05, 0) is 31.1 Å². The van der Waals surface area contributed by atoms with E-state index >= 15 is 0 Å². The maximum absolute atomic E-state index is 4.54. The highest BCUT2D eigenvalue weighted by Crippen LogP contribution is 2.30. The van der Waals surface area contributed by atoms with Gasteiger partial charge >= 0.3 is 0 Å². The minimum atomic E-state index is 0.383. The van der Waals surface area contributed by atoms with Gasteiger partial charge in [-0.3, -0.25) is 0 Å². The minimum Gasteiger partial charge on any atom is -0.340 e. The second-order valence-electron chi connectivity index (χ2n) is 6.74. The van der Waals surface area contributed by atoms with Crippen LogP contribution in [0.15, 0.2) is 12.4 Å². The lowest BCUT2D eigenvalue weighted by Gasteiger charge is -2.38. The molecule has 4 nitrogen and oxygen atoms in total. The summed E-state index contributed by atoms with van der Waals surface area (Å²) in [7, 11) is 0. The first-order chi connectivity index (χ1) is 9.12. The summed E-state index contributed by atoms with van der Waals surface area (Å²) < 4.78 is 0. The van der Waals surface area contributed by atoms with Gasteiger partial charge in [0, 0.05) is 43.6 Å². The van der Waals surface area contributed by atoms with Crippen molar-refractivity contribution < 1.29 is 0 Å². The molecule has 0 atom stereocenters. The van der Waals surface area contributed by atoms with E-state index < -0.39 is 0 Å². The van der Waals surface area contributed by atoms with E-state index in [-0.39, 0.29) is 0 Å². The number of hydrogen-bond acceptors (Lipinski definition) is 4. The Morgan fingerprint density at radius 3 is 2.68 bits per heavy atom. The highest BCUT2D eigenvalue weighted by atomic mass is 15.3. The summed E-state index contributed by atoms with van der Waals surface area (Å²) in [5.41, 5.74) is 1.57. The van der Waals surface area contributed by atoms with E-state index in [9.17, 15) is 0 Å². The molecule has 104 valence electrons. The van der Waals surface area contributed by atoms with Gasteiger partial charge in [-0.15, -0.1) is 0 Å². The highest BCUT2D eigenvalue weighted by molar-refractivity contribution is 5.31. The van der Waals surface area contributed by atoms with Crippen LogP contribution in [-0.4, -0.2) is 29.1 Å². The fourth-order valence-corrected chi connectivity index (χ4v) is 2.75. The molecule has 1 aromatic heterocycles. The van der Waals surface area contributed by atoms with Crippen LogP contribution in [0.2, 0.25) is 0 Å². The Balaban J connectivity index is 1.61. The van der Waals surface area contributed by atoms with Crippen molar-refractivity contribution in [2.75, 3.05) is 18.0 Å². The molecule has 0 unspecified atom stereocenters. The molecule has 1 aliphatic heterocycles. The number of anilines is 1. The molecule has 2 aliphatic rings. The lowest BCUT2D eigenvalue weighted by Crippen LogP contribution is -2.41. The molecule has 0 bridgehead atoms. The number of rotatable bonds is 4. The first-order valence-electron chi connectivity index (χ1n) is 7.42. The first kappa shape index (κ1) is 12.9. The van der Waals surface area contributed by atoms with Crippen LogP contribution in [0.5, 0.6) is 0 Å². The van der Waals surface area contributed by atoms with Crippen LogP contribution < -0.4 is 10.2 Å². The Kier molecular flexibility index (Phi) is 3.44. The second-order valence-corrected chi connectivity index (χ2v) is 6.74. The predicted octanol–water partition coefficient (Wildman–Crippen LogP) is 2.36. The van der Waals surface area contributed by atoms with Gasteiger partial charge < -0.3 is 10.2 Å². The monoisotopic (exact) mass is 260 g/mol. The smallest absolute Gasteiger partial charge is 0.225 e. The van der Waals surface area contributed by atoms with Gasteiger partial charge in [-0.25, -0.2) is 9.97 Å². The normalized spacial score (nSPS) is 22.5. The van der Waals surface area contributed by atoms with Crippen LogP contribution in [0, 0.1) is 5.41 Å². The molecule has 1 aliphatic carbocycles. The Morgan fingerprint density at radius 2 is 2.05 bits per heavy atom. The molecular formula is C15H24N4. The first-order valence-corrected chi connectivity index (χ1v) is 7.42. The molecule has 1 N–H and O–H groups in total. The number of piperidine rings is 1. The van der Waals surface area contributed by atoms with Crippen molar-refractivity contribution in [3.63, 3.8) is 0 Å². The largest absolute Gasteiger partial charge is 0.340 e. The predicted molar refractivity (Wildman–Crippen MR) is 77.1 cm³/mol. The third-order valence-electron chi connectivity index (χ3n) is 4.05. The fraction of sp³-hybridized carbons (Fsp3) is 0.733. The molecule has 4 heteroatoms. The van der Waals surface area contributed by atoms with Gasteiger partial charge in [0.25, 0.3) is 0 Å². The molecular weight excluding hydrogens is 236 g/mol. The molecule has 3 rings (SSSR count). The number of nitrogens with zero attached hydrogens (tertiary/aromatic N) is 3. The van der Waals surface area contributed by atoms with E-state index in [1.165, 1.54) is 31.2 Å². The molecule has 1 saturated heterocycles. The van der Waals surface area contributed by atoms with Crippen LogP contribution in [-0.2, 0) is 6.54 Å².